The number of nitrogens with zero attached hydrogens (tertiary/aromatic N) is 2. The number of nitrogens with one attached hydrogen (secondary N) is 1. The number of methoxy groups -OCH3 is 1. The fraction of sp³-hybridized carbons (Fsp3) is 0.846. The topological polar surface area (TPSA) is 61.9 Å². The lowest BCUT2D eigenvalue weighted by Gasteiger charge is -2.34. The van der Waals surface area contributed by atoms with E-state index < -0.39 is 0 Å². The summed E-state index contributed by atoms with van der Waals surface area (Å²) in [5, 5.41) is 3.00. The van der Waals surface area contributed by atoms with Crippen molar-refractivity contribution in [2.75, 3.05) is 39.8 Å². The number of carbonyl (C=O) groups excluding carboxylic acids is 2. The van der Waals surface area contributed by atoms with Crippen LogP contribution in [-0.2, 0) is 4.74 Å². The van der Waals surface area contributed by atoms with Gasteiger partial charge in [0.2, 0.25) is 0 Å². The molecular formula is C13H23N3O3. The van der Waals surface area contributed by atoms with Gasteiger partial charge in [0.1, 0.15) is 0 Å². The molecule has 0 aromatic rings. The van der Waals surface area contributed by atoms with Crippen LogP contribution in [0, 0.1) is 5.92 Å². The van der Waals surface area contributed by atoms with Crippen LogP contribution in [-0.4, -0.2) is 61.8 Å². The van der Waals surface area contributed by atoms with Gasteiger partial charge in [-0.2, -0.15) is 0 Å². The normalized spacial score (nSPS) is 20.5. The number of amides is 3. The average Bonchev–Trinajstić information content (AvgIpc) is 2.97. The van der Waals surface area contributed by atoms with E-state index in [9.17, 15) is 9.59 Å². The minimum atomic E-state index is -0.314. The van der Waals surface area contributed by atoms with Gasteiger partial charge in [-0.05, 0) is 18.8 Å². The Morgan fingerprint density at radius 1 is 1.11 bits per heavy atom. The molecule has 1 aliphatic carbocycles. The van der Waals surface area contributed by atoms with Gasteiger partial charge in [-0.15, -0.1) is 0 Å². The molecule has 1 heterocycles. The number of hydrogen-bond donors (Lipinski definition) is 1. The first kappa shape index (κ1) is 14.0. The fourth-order valence-electron chi connectivity index (χ4n) is 2.78. The third-order valence-corrected chi connectivity index (χ3v) is 4.02. The molecule has 6 nitrogen and oxygen atoms in total. The summed E-state index contributed by atoms with van der Waals surface area (Å²) in [4.78, 5) is 26.7. The van der Waals surface area contributed by atoms with Crippen LogP contribution in [0.3, 0.4) is 0 Å². The van der Waals surface area contributed by atoms with Gasteiger partial charge in [-0.25, -0.2) is 9.59 Å². The van der Waals surface area contributed by atoms with Crippen molar-refractivity contribution in [2.24, 2.45) is 5.92 Å². The minimum absolute atomic E-state index is 0.00332. The van der Waals surface area contributed by atoms with Gasteiger partial charge in [0.05, 0.1) is 7.11 Å². The summed E-state index contributed by atoms with van der Waals surface area (Å²) >= 11 is 0. The monoisotopic (exact) mass is 269 g/mol. The molecule has 0 atom stereocenters. The molecule has 3 amide bonds. The van der Waals surface area contributed by atoms with E-state index in [1.165, 1.54) is 32.8 Å². The molecule has 0 aromatic carbocycles. The van der Waals surface area contributed by atoms with E-state index in [-0.39, 0.29) is 12.1 Å². The second kappa shape index (κ2) is 6.63. The summed E-state index contributed by atoms with van der Waals surface area (Å²) in [7, 11) is 1.38. The molecule has 1 saturated carbocycles. The van der Waals surface area contributed by atoms with E-state index in [1.54, 1.807) is 9.80 Å². The zero-order valence-corrected chi connectivity index (χ0v) is 11.6. The van der Waals surface area contributed by atoms with Crippen LogP contribution in [0.2, 0.25) is 0 Å². The molecule has 0 spiro atoms. The molecule has 1 N–H and O–H groups in total. The van der Waals surface area contributed by atoms with Crippen molar-refractivity contribution in [3.63, 3.8) is 0 Å². The number of ether oxygens (including phenoxy) is 1. The zero-order valence-electron chi connectivity index (χ0n) is 11.6. The average molecular weight is 269 g/mol. The SMILES string of the molecule is COC(=O)N1CCN(C(=O)NCC2CCCC2)CC1. The predicted octanol–water partition coefficient (Wildman–Crippen LogP) is 1.27. The highest BCUT2D eigenvalue weighted by molar-refractivity contribution is 5.75. The number of rotatable bonds is 2. The van der Waals surface area contributed by atoms with E-state index in [2.05, 4.69) is 10.1 Å². The maximum absolute atomic E-state index is 12.0. The quantitative estimate of drug-likeness (QED) is 0.821. The summed E-state index contributed by atoms with van der Waals surface area (Å²) in [5.74, 6) is 0.653. The number of piperazine rings is 1. The first-order valence-electron chi connectivity index (χ1n) is 7.06. The van der Waals surface area contributed by atoms with Crippen LogP contribution in [0.25, 0.3) is 0 Å². The van der Waals surface area contributed by atoms with Crippen LogP contribution in [0.1, 0.15) is 25.7 Å². The first-order valence-corrected chi connectivity index (χ1v) is 7.06. The maximum atomic E-state index is 12.0. The van der Waals surface area contributed by atoms with Crippen molar-refractivity contribution in [1.82, 2.24) is 15.1 Å². The zero-order chi connectivity index (χ0) is 13.7. The molecule has 19 heavy (non-hydrogen) atoms. The van der Waals surface area contributed by atoms with Crippen molar-refractivity contribution in [1.29, 1.82) is 0 Å². The van der Waals surface area contributed by atoms with E-state index in [0.717, 1.165) is 6.54 Å². The largest absolute Gasteiger partial charge is 0.453 e. The van der Waals surface area contributed by atoms with Crippen LogP contribution in [0.15, 0.2) is 0 Å². The maximum Gasteiger partial charge on any atom is 0.409 e. The smallest absolute Gasteiger partial charge is 0.409 e. The Hall–Kier alpha value is -1.46. The molecule has 1 saturated heterocycles. The summed E-state index contributed by atoms with van der Waals surface area (Å²) in [5.41, 5.74) is 0. The van der Waals surface area contributed by atoms with Gasteiger partial charge in [0.25, 0.3) is 0 Å². The molecule has 0 bridgehead atoms. The number of hydrogen-bond acceptors (Lipinski definition) is 3. The molecule has 2 fully saturated rings. The predicted molar refractivity (Wildman–Crippen MR) is 70.9 cm³/mol. The van der Waals surface area contributed by atoms with Gasteiger partial charge in [-0.3, -0.25) is 0 Å². The highest BCUT2D eigenvalue weighted by atomic mass is 16.5. The van der Waals surface area contributed by atoms with Crippen molar-refractivity contribution in [3.8, 4) is 0 Å². The van der Waals surface area contributed by atoms with Gasteiger partial charge in [0, 0.05) is 32.7 Å². The Bertz CT molecular complexity index is 321. The van der Waals surface area contributed by atoms with E-state index >= 15 is 0 Å². The van der Waals surface area contributed by atoms with E-state index in [1.807, 2.05) is 0 Å². The third kappa shape index (κ3) is 3.75. The van der Waals surface area contributed by atoms with Gasteiger partial charge >= 0.3 is 12.1 Å². The van der Waals surface area contributed by atoms with Crippen LogP contribution in [0.5, 0.6) is 0 Å². The lowest BCUT2D eigenvalue weighted by Crippen LogP contribution is -2.53. The lowest BCUT2D eigenvalue weighted by atomic mass is 10.1. The van der Waals surface area contributed by atoms with Crippen molar-refractivity contribution in [3.05, 3.63) is 0 Å². The molecule has 0 aromatic heterocycles. The Labute approximate surface area is 114 Å². The molecule has 1 aliphatic heterocycles. The fourth-order valence-corrected chi connectivity index (χ4v) is 2.78. The molecule has 0 radical (unpaired) electrons. The summed E-state index contributed by atoms with van der Waals surface area (Å²) in [6, 6.07) is -0.00332. The van der Waals surface area contributed by atoms with Crippen molar-refractivity contribution >= 4 is 12.1 Å². The minimum Gasteiger partial charge on any atom is -0.453 e. The molecule has 6 heteroatoms. The summed E-state index contributed by atoms with van der Waals surface area (Å²) in [6.45, 7) is 3.03. The van der Waals surface area contributed by atoms with E-state index in [0.29, 0.717) is 32.1 Å². The summed E-state index contributed by atoms with van der Waals surface area (Å²) < 4.78 is 4.67. The Balaban J connectivity index is 1.68. The third-order valence-electron chi connectivity index (χ3n) is 4.02. The molecule has 2 rings (SSSR count). The lowest BCUT2D eigenvalue weighted by molar-refractivity contribution is 0.0969. The Morgan fingerprint density at radius 2 is 1.68 bits per heavy atom. The van der Waals surface area contributed by atoms with Gasteiger partial charge < -0.3 is 19.9 Å². The van der Waals surface area contributed by atoms with Crippen molar-refractivity contribution < 1.29 is 14.3 Å². The molecule has 0 unspecified atom stereocenters. The Morgan fingerprint density at radius 3 is 2.26 bits per heavy atom. The standard InChI is InChI=1S/C13H23N3O3/c1-19-13(18)16-8-6-15(7-9-16)12(17)14-10-11-4-2-3-5-11/h11H,2-10H2,1H3,(H,14,17). The number of urea groups is 1. The van der Waals surface area contributed by atoms with Crippen LogP contribution < -0.4 is 5.32 Å². The highest BCUT2D eigenvalue weighted by Gasteiger charge is 2.25. The van der Waals surface area contributed by atoms with Gasteiger partial charge in [-0.1, -0.05) is 12.8 Å². The van der Waals surface area contributed by atoms with Crippen molar-refractivity contribution in [2.45, 2.75) is 25.7 Å². The molecular weight excluding hydrogens is 246 g/mol. The first-order chi connectivity index (χ1) is 9.20. The summed E-state index contributed by atoms with van der Waals surface area (Å²) in [6.07, 6.45) is 4.73. The molecule has 2 aliphatic rings. The van der Waals surface area contributed by atoms with Gasteiger partial charge in [0.15, 0.2) is 0 Å². The number of carbonyl (C=O) groups is 2. The van der Waals surface area contributed by atoms with Crippen LogP contribution in [0.4, 0.5) is 9.59 Å². The molecule has 108 valence electrons. The van der Waals surface area contributed by atoms with E-state index in [4.69, 9.17) is 0 Å². The Kier molecular flexibility index (Phi) is 4.87. The second-order valence-electron chi connectivity index (χ2n) is 5.28. The second-order valence-corrected chi connectivity index (χ2v) is 5.28. The highest BCUT2D eigenvalue weighted by Crippen LogP contribution is 2.23. The van der Waals surface area contributed by atoms with Crippen LogP contribution >= 0.6 is 0 Å².